The summed E-state index contributed by atoms with van der Waals surface area (Å²) in [5.41, 5.74) is 3.96. The summed E-state index contributed by atoms with van der Waals surface area (Å²) in [7, 11) is 1.67. The van der Waals surface area contributed by atoms with Crippen molar-refractivity contribution in [1.29, 1.82) is 0 Å². The first-order valence-corrected chi connectivity index (χ1v) is 10.4. The third-order valence-corrected chi connectivity index (χ3v) is 5.92. The van der Waals surface area contributed by atoms with Crippen LogP contribution in [0.3, 0.4) is 0 Å². The number of anilines is 3. The summed E-state index contributed by atoms with van der Waals surface area (Å²) < 4.78 is 5.53. The maximum absolute atomic E-state index is 5.53. The number of benzene rings is 2. The third kappa shape index (κ3) is 3.31. The minimum atomic E-state index is 0.740. The number of fused-ring (bicyclic) bond motifs is 3. The Morgan fingerprint density at radius 2 is 1.83 bits per heavy atom. The zero-order valence-electron chi connectivity index (χ0n) is 17.4. The van der Waals surface area contributed by atoms with E-state index in [2.05, 4.69) is 56.5 Å². The summed E-state index contributed by atoms with van der Waals surface area (Å²) in [5, 5.41) is 12.8. The Hall–Kier alpha value is -3.32. The molecule has 0 spiro atoms. The van der Waals surface area contributed by atoms with Crippen molar-refractivity contribution in [3.8, 4) is 5.75 Å². The second-order valence-electron chi connectivity index (χ2n) is 7.57. The molecule has 154 valence electrons. The first-order valence-electron chi connectivity index (χ1n) is 10.4. The topological polar surface area (TPSA) is 69.3 Å². The molecule has 2 N–H and O–H groups in total. The van der Waals surface area contributed by atoms with Crippen molar-refractivity contribution >= 4 is 39.0 Å². The zero-order valence-corrected chi connectivity index (χ0v) is 17.4. The molecule has 2 aromatic carbocycles. The summed E-state index contributed by atoms with van der Waals surface area (Å²) in [6.45, 7) is 7.74. The molecule has 0 amide bonds. The highest BCUT2D eigenvalue weighted by Crippen LogP contribution is 2.34. The van der Waals surface area contributed by atoms with E-state index in [4.69, 9.17) is 9.72 Å². The van der Waals surface area contributed by atoms with Crippen molar-refractivity contribution in [3.05, 3.63) is 48.7 Å². The summed E-state index contributed by atoms with van der Waals surface area (Å²) in [6, 6.07) is 14.5. The third-order valence-electron chi connectivity index (χ3n) is 5.92. The first-order chi connectivity index (χ1) is 14.8. The number of pyridine rings is 1. The van der Waals surface area contributed by atoms with Gasteiger partial charge in [-0.25, -0.2) is 4.98 Å². The Labute approximate surface area is 175 Å². The van der Waals surface area contributed by atoms with E-state index in [1.54, 1.807) is 7.11 Å². The Morgan fingerprint density at radius 1 is 1.03 bits per heavy atom. The highest BCUT2D eigenvalue weighted by molar-refractivity contribution is 6.10. The molecular formula is C23H26N6O. The largest absolute Gasteiger partial charge is 0.494 e. The van der Waals surface area contributed by atoms with Crippen molar-refractivity contribution in [3.63, 3.8) is 0 Å². The molecule has 0 aliphatic carbocycles. The van der Waals surface area contributed by atoms with Crippen LogP contribution in [0, 0.1) is 0 Å². The van der Waals surface area contributed by atoms with Crippen LogP contribution in [0.15, 0.2) is 48.7 Å². The molecule has 2 aromatic heterocycles. The van der Waals surface area contributed by atoms with Crippen molar-refractivity contribution < 1.29 is 4.74 Å². The van der Waals surface area contributed by atoms with E-state index >= 15 is 0 Å². The zero-order chi connectivity index (χ0) is 20.5. The molecule has 0 unspecified atom stereocenters. The van der Waals surface area contributed by atoms with Crippen LogP contribution in [0.5, 0.6) is 5.75 Å². The van der Waals surface area contributed by atoms with Crippen LogP contribution in [0.2, 0.25) is 0 Å². The van der Waals surface area contributed by atoms with E-state index in [1.807, 2.05) is 24.4 Å². The molecule has 30 heavy (non-hydrogen) atoms. The van der Waals surface area contributed by atoms with Gasteiger partial charge in [-0.1, -0.05) is 19.1 Å². The molecular weight excluding hydrogens is 376 g/mol. The lowest BCUT2D eigenvalue weighted by Gasteiger charge is -2.35. The average molecular weight is 403 g/mol. The standard InChI is InChI=1S/C23H26N6O/c1-3-28-11-13-29(14-12-28)17-9-7-16(8-10-17)25-23-22-19(15-24-27-22)18-5-4-6-20(30-2)21(18)26-23/h4-10,15H,3,11-14H2,1-2H3,(H,24,27)(H,25,26). The monoisotopic (exact) mass is 402 g/mol. The highest BCUT2D eigenvalue weighted by atomic mass is 16.5. The van der Waals surface area contributed by atoms with Crippen LogP contribution in [0.25, 0.3) is 21.8 Å². The Bertz CT molecular complexity index is 1160. The number of aromatic amines is 1. The molecule has 1 aliphatic heterocycles. The quantitative estimate of drug-likeness (QED) is 0.526. The molecule has 4 aromatic rings. The van der Waals surface area contributed by atoms with Crippen molar-refractivity contribution in [2.45, 2.75) is 6.92 Å². The maximum Gasteiger partial charge on any atom is 0.157 e. The van der Waals surface area contributed by atoms with Gasteiger partial charge in [0.15, 0.2) is 5.82 Å². The number of aromatic nitrogens is 3. The minimum absolute atomic E-state index is 0.740. The van der Waals surface area contributed by atoms with Crippen LogP contribution in [0.4, 0.5) is 17.2 Å². The number of hydrogen-bond acceptors (Lipinski definition) is 6. The van der Waals surface area contributed by atoms with E-state index in [0.29, 0.717) is 0 Å². The second-order valence-corrected chi connectivity index (χ2v) is 7.57. The van der Waals surface area contributed by atoms with Gasteiger partial charge < -0.3 is 19.9 Å². The molecule has 0 radical (unpaired) electrons. The summed E-state index contributed by atoms with van der Waals surface area (Å²) >= 11 is 0. The van der Waals surface area contributed by atoms with Crippen LogP contribution < -0.4 is 15.0 Å². The number of methoxy groups -OCH3 is 1. The van der Waals surface area contributed by atoms with Gasteiger partial charge in [0.25, 0.3) is 0 Å². The number of piperazine rings is 1. The fourth-order valence-corrected chi connectivity index (χ4v) is 4.16. The highest BCUT2D eigenvalue weighted by Gasteiger charge is 2.16. The molecule has 0 bridgehead atoms. The van der Waals surface area contributed by atoms with Gasteiger partial charge in [-0.3, -0.25) is 5.10 Å². The smallest absolute Gasteiger partial charge is 0.157 e. The van der Waals surface area contributed by atoms with E-state index in [-0.39, 0.29) is 0 Å². The predicted octanol–water partition coefficient (Wildman–Crippen LogP) is 4.01. The van der Waals surface area contributed by atoms with Gasteiger partial charge in [0.1, 0.15) is 16.8 Å². The number of nitrogens with one attached hydrogen (secondary N) is 2. The van der Waals surface area contributed by atoms with E-state index < -0.39 is 0 Å². The molecule has 1 fully saturated rings. The van der Waals surface area contributed by atoms with Gasteiger partial charge in [-0.15, -0.1) is 0 Å². The van der Waals surface area contributed by atoms with Crippen molar-refractivity contribution in [1.82, 2.24) is 20.1 Å². The summed E-state index contributed by atoms with van der Waals surface area (Å²) in [4.78, 5) is 9.78. The molecule has 0 atom stereocenters. The second kappa shape index (κ2) is 7.84. The predicted molar refractivity (Wildman–Crippen MR) is 122 cm³/mol. The van der Waals surface area contributed by atoms with Crippen LogP contribution in [-0.4, -0.2) is 59.9 Å². The Morgan fingerprint density at radius 3 is 2.57 bits per heavy atom. The number of likely N-dealkylation sites (N-methyl/N-ethyl adjacent to an activating group) is 1. The SMILES string of the molecule is CCN1CCN(c2ccc(Nc3nc4c(OC)cccc4c4cn[nH]c34)cc2)CC1. The van der Waals surface area contributed by atoms with Crippen LogP contribution in [-0.2, 0) is 0 Å². The molecule has 0 saturated carbocycles. The van der Waals surface area contributed by atoms with Gasteiger partial charge >= 0.3 is 0 Å². The molecule has 1 aliphatic rings. The molecule has 5 rings (SSSR count). The maximum atomic E-state index is 5.53. The van der Waals surface area contributed by atoms with E-state index in [0.717, 1.165) is 71.8 Å². The lowest BCUT2D eigenvalue weighted by atomic mass is 10.1. The van der Waals surface area contributed by atoms with Gasteiger partial charge in [-0.2, -0.15) is 5.10 Å². The molecule has 1 saturated heterocycles. The number of hydrogen-bond donors (Lipinski definition) is 2. The normalized spacial score (nSPS) is 15.1. The van der Waals surface area contributed by atoms with Gasteiger partial charge in [0.05, 0.1) is 13.3 Å². The number of H-pyrrole nitrogens is 1. The average Bonchev–Trinajstić information content (AvgIpc) is 3.30. The number of para-hydroxylation sites is 1. The molecule has 7 nitrogen and oxygen atoms in total. The number of rotatable bonds is 5. The Kier molecular flexibility index (Phi) is 4.88. The molecule has 3 heterocycles. The van der Waals surface area contributed by atoms with Crippen LogP contribution in [0.1, 0.15) is 6.92 Å². The van der Waals surface area contributed by atoms with Crippen molar-refractivity contribution in [2.75, 3.05) is 50.1 Å². The van der Waals surface area contributed by atoms with Gasteiger partial charge in [0, 0.05) is 48.3 Å². The number of ether oxygens (including phenoxy) is 1. The fraction of sp³-hybridized carbons (Fsp3) is 0.304. The van der Waals surface area contributed by atoms with Crippen molar-refractivity contribution in [2.24, 2.45) is 0 Å². The van der Waals surface area contributed by atoms with Crippen LogP contribution >= 0.6 is 0 Å². The lowest BCUT2D eigenvalue weighted by molar-refractivity contribution is 0.271. The van der Waals surface area contributed by atoms with E-state index in [1.165, 1.54) is 5.69 Å². The Balaban J connectivity index is 1.43. The fourth-order valence-electron chi connectivity index (χ4n) is 4.16. The summed E-state index contributed by atoms with van der Waals surface area (Å²) in [5.74, 6) is 1.49. The molecule has 7 heteroatoms. The first kappa shape index (κ1) is 18.7. The van der Waals surface area contributed by atoms with Gasteiger partial charge in [0.2, 0.25) is 0 Å². The van der Waals surface area contributed by atoms with E-state index in [9.17, 15) is 0 Å². The lowest BCUT2D eigenvalue weighted by Crippen LogP contribution is -2.46. The minimum Gasteiger partial charge on any atom is -0.494 e. The van der Waals surface area contributed by atoms with Gasteiger partial charge in [-0.05, 0) is 36.9 Å². The summed E-state index contributed by atoms with van der Waals surface area (Å²) in [6.07, 6.45) is 1.84. The number of nitrogens with zero attached hydrogens (tertiary/aromatic N) is 4.